The van der Waals surface area contributed by atoms with E-state index < -0.39 is 10.1 Å². The maximum atomic E-state index is 12.3. The first kappa shape index (κ1) is 21.5. The van der Waals surface area contributed by atoms with Crippen molar-refractivity contribution in [2.45, 2.75) is 32.1 Å². The third-order valence-electron chi connectivity index (χ3n) is 4.76. The Morgan fingerprint density at radius 1 is 1.26 bits per heavy atom. The number of hydrogen-bond acceptors (Lipinski definition) is 6. The average molecular weight is 400 g/mol. The summed E-state index contributed by atoms with van der Waals surface area (Å²) in [4.78, 5) is 13.9. The van der Waals surface area contributed by atoms with Crippen LogP contribution in [0.2, 0.25) is 0 Å². The van der Waals surface area contributed by atoms with E-state index in [4.69, 9.17) is 13.7 Å². The summed E-state index contributed by atoms with van der Waals surface area (Å²) in [5.74, 6) is 0.720. The largest absolute Gasteiger partial charge is 0.497 e. The van der Waals surface area contributed by atoms with Crippen LogP contribution in [0, 0.1) is 5.92 Å². The normalized spacial score (nSPS) is 20.3. The first-order chi connectivity index (χ1) is 12.8. The van der Waals surface area contributed by atoms with Gasteiger partial charge >= 0.3 is 6.09 Å². The van der Waals surface area contributed by atoms with Crippen LogP contribution in [0.4, 0.5) is 4.79 Å². The number of carbonyl (C=O) groups excluding carboxylic acids is 1. The molecule has 0 spiro atoms. The number of hydrogen-bond donors (Lipinski definition) is 0. The van der Waals surface area contributed by atoms with Crippen molar-refractivity contribution in [1.82, 2.24) is 4.90 Å². The molecule has 0 aliphatic carbocycles. The number of likely N-dealkylation sites (tertiary alicyclic amines) is 1. The van der Waals surface area contributed by atoms with Gasteiger partial charge in [0.1, 0.15) is 5.75 Å². The Hall–Kier alpha value is -1.80. The number of carbonyl (C=O) groups is 1. The Balaban J connectivity index is 2.09. The lowest BCUT2D eigenvalue weighted by Gasteiger charge is -2.38. The van der Waals surface area contributed by atoms with Crippen molar-refractivity contribution in [2.75, 3.05) is 39.7 Å². The van der Waals surface area contributed by atoms with Crippen LogP contribution < -0.4 is 4.74 Å². The van der Waals surface area contributed by atoms with Crippen LogP contribution in [0.1, 0.15) is 37.7 Å². The molecule has 0 radical (unpaired) electrons. The van der Waals surface area contributed by atoms with Crippen LogP contribution in [0.3, 0.4) is 0 Å². The maximum absolute atomic E-state index is 12.3. The minimum absolute atomic E-state index is 0.0360. The minimum Gasteiger partial charge on any atom is -0.497 e. The third kappa shape index (κ3) is 6.70. The summed E-state index contributed by atoms with van der Waals surface area (Å²) in [6.07, 6.45) is 3.19. The molecular formula is C19H29NO6S. The molecule has 0 bridgehead atoms. The first-order valence-electron chi connectivity index (χ1n) is 9.24. The van der Waals surface area contributed by atoms with E-state index in [1.807, 2.05) is 31.2 Å². The van der Waals surface area contributed by atoms with Crippen molar-refractivity contribution >= 4 is 16.2 Å². The molecule has 1 aromatic carbocycles. The molecule has 2 unspecified atom stereocenters. The van der Waals surface area contributed by atoms with Crippen LogP contribution in [-0.2, 0) is 19.0 Å². The zero-order chi connectivity index (χ0) is 19.9. The predicted octanol–water partition coefficient (Wildman–Crippen LogP) is 3.01. The van der Waals surface area contributed by atoms with Gasteiger partial charge in [0.05, 0.1) is 26.6 Å². The van der Waals surface area contributed by atoms with Gasteiger partial charge in [0.15, 0.2) is 0 Å². The van der Waals surface area contributed by atoms with Crippen LogP contribution >= 0.6 is 0 Å². The molecule has 1 saturated heterocycles. The van der Waals surface area contributed by atoms with Gasteiger partial charge in [0, 0.05) is 19.0 Å². The fourth-order valence-corrected chi connectivity index (χ4v) is 3.68. The minimum atomic E-state index is -3.55. The monoisotopic (exact) mass is 399 g/mol. The van der Waals surface area contributed by atoms with Crippen molar-refractivity contribution < 1.29 is 26.9 Å². The lowest BCUT2D eigenvalue weighted by Crippen LogP contribution is -2.45. The summed E-state index contributed by atoms with van der Waals surface area (Å²) in [6.45, 7) is 3.44. The van der Waals surface area contributed by atoms with E-state index in [2.05, 4.69) is 0 Å². The number of methoxy groups -OCH3 is 1. The quantitative estimate of drug-likeness (QED) is 0.494. The smallest absolute Gasteiger partial charge is 0.409 e. The summed E-state index contributed by atoms with van der Waals surface area (Å²) in [5.41, 5.74) is 1.08. The van der Waals surface area contributed by atoms with Crippen molar-refractivity contribution in [3.63, 3.8) is 0 Å². The Labute approximate surface area is 161 Å². The molecule has 2 atom stereocenters. The second-order valence-electron chi connectivity index (χ2n) is 6.83. The van der Waals surface area contributed by atoms with E-state index in [0.29, 0.717) is 26.1 Å². The Bertz CT molecular complexity index is 703. The second-order valence-corrected chi connectivity index (χ2v) is 8.47. The van der Waals surface area contributed by atoms with Gasteiger partial charge in [-0.2, -0.15) is 8.42 Å². The molecule has 152 valence electrons. The number of piperidine rings is 1. The number of amides is 1. The molecule has 1 fully saturated rings. The van der Waals surface area contributed by atoms with E-state index in [0.717, 1.165) is 30.4 Å². The molecule has 27 heavy (non-hydrogen) atoms. The van der Waals surface area contributed by atoms with Crippen molar-refractivity contribution in [3.8, 4) is 5.75 Å². The van der Waals surface area contributed by atoms with Gasteiger partial charge < -0.3 is 14.4 Å². The van der Waals surface area contributed by atoms with Gasteiger partial charge in [0.25, 0.3) is 10.1 Å². The summed E-state index contributed by atoms with van der Waals surface area (Å²) in [6, 6.07) is 7.72. The number of nitrogens with zero attached hydrogens (tertiary/aromatic N) is 1. The van der Waals surface area contributed by atoms with Gasteiger partial charge in [-0.05, 0) is 36.5 Å². The van der Waals surface area contributed by atoms with Gasteiger partial charge in [-0.3, -0.25) is 4.18 Å². The number of rotatable bonds is 8. The van der Waals surface area contributed by atoms with Crippen molar-refractivity contribution in [1.29, 1.82) is 0 Å². The summed E-state index contributed by atoms with van der Waals surface area (Å²) in [5, 5.41) is 0. The molecule has 8 heteroatoms. The third-order valence-corrected chi connectivity index (χ3v) is 5.32. The molecule has 1 aliphatic rings. The molecule has 1 amide bonds. The van der Waals surface area contributed by atoms with Gasteiger partial charge in [-0.25, -0.2) is 4.79 Å². The molecule has 1 heterocycles. The topological polar surface area (TPSA) is 82.1 Å². The van der Waals surface area contributed by atoms with Gasteiger partial charge in [-0.15, -0.1) is 0 Å². The lowest BCUT2D eigenvalue weighted by molar-refractivity contribution is 0.0687. The highest BCUT2D eigenvalue weighted by molar-refractivity contribution is 7.85. The standard InChI is InChI=1S/C19H29NO6S/c1-4-5-12-25-19(21)20-11-10-18(15-6-8-17(24-2)9-7-15)16(13-20)14-26-27(3,22)23/h6-9,16,18H,4-5,10-14H2,1-3H3. The SMILES string of the molecule is CCCCOC(=O)N1CCC(c2ccc(OC)cc2)C(COS(C)(=O)=O)C1. The molecule has 1 aliphatic heterocycles. The van der Waals surface area contributed by atoms with E-state index in [1.54, 1.807) is 12.0 Å². The van der Waals surface area contributed by atoms with Crippen LogP contribution in [0.25, 0.3) is 0 Å². The zero-order valence-electron chi connectivity index (χ0n) is 16.2. The number of ether oxygens (including phenoxy) is 2. The fraction of sp³-hybridized carbons (Fsp3) is 0.632. The van der Waals surface area contributed by atoms with Crippen LogP contribution in [0.5, 0.6) is 5.75 Å². The molecule has 7 nitrogen and oxygen atoms in total. The van der Waals surface area contributed by atoms with Crippen LogP contribution in [0.15, 0.2) is 24.3 Å². The maximum Gasteiger partial charge on any atom is 0.409 e. The molecular weight excluding hydrogens is 370 g/mol. The Morgan fingerprint density at radius 3 is 2.56 bits per heavy atom. The summed E-state index contributed by atoms with van der Waals surface area (Å²) >= 11 is 0. The highest BCUT2D eigenvalue weighted by Crippen LogP contribution is 2.34. The molecule has 0 saturated carbocycles. The van der Waals surface area contributed by atoms with E-state index >= 15 is 0 Å². The van der Waals surface area contributed by atoms with Crippen LogP contribution in [-0.4, -0.2) is 59.1 Å². The molecule has 2 rings (SSSR count). The molecule has 1 aromatic rings. The van der Waals surface area contributed by atoms with E-state index in [1.165, 1.54) is 0 Å². The lowest BCUT2D eigenvalue weighted by atomic mass is 9.81. The van der Waals surface area contributed by atoms with Crippen molar-refractivity contribution in [2.24, 2.45) is 5.92 Å². The highest BCUT2D eigenvalue weighted by Gasteiger charge is 2.34. The summed E-state index contributed by atoms with van der Waals surface area (Å²) < 4.78 is 38.4. The highest BCUT2D eigenvalue weighted by atomic mass is 32.2. The average Bonchev–Trinajstić information content (AvgIpc) is 2.66. The van der Waals surface area contributed by atoms with Gasteiger partial charge in [-0.1, -0.05) is 25.5 Å². The van der Waals surface area contributed by atoms with E-state index in [9.17, 15) is 13.2 Å². The molecule has 0 N–H and O–H groups in total. The van der Waals surface area contributed by atoms with Gasteiger partial charge in [0.2, 0.25) is 0 Å². The van der Waals surface area contributed by atoms with Crippen molar-refractivity contribution in [3.05, 3.63) is 29.8 Å². The predicted molar refractivity (Wildman–Crippen MR) is 102 cm³/mol. The van der Waals surface area contributed by atoms with E-state index in [-0.39, 0.29) is 24.5 Å². The summed E-state index contributed by atoms with van der Waals surface area (Å²) in [7, 11) is -1.94. The number of unbranched alkanes of at least 4 members (excludes halogenated alkanes) is 1. The Kier molecular flexibility index (Phi) is 7.91. The first-order valence-corrected chi connectivity index (χ1v) is 11.1. The fourth-order valence-electron chi connectivity index (χ4n) is 3.26. The number of benzene rings is 1. The second kappa shape index (κ2) is 9.94. The zero-order valence-corrected chi connectivity index (χ0v) is 17.0. The molecule has 0 aromatic heterocycles. The Morgan fingerprint density at radius 2 is 1.96 bits per heavy atom.